The van der Waals surface area contributed by atoms with Gasteiger partial charge in [-0.1, -0.05) is 0 Å². The minimum Gasteiger partial charge on any atom is -0.354 e. The average molecular weight is 502 g/mol. The van der Waals surface area contributed by atoms with Crippen LogP contribution in [0.1, 0.15) is 45.8 Å². The molecule has 12 heteroatoms. The molecule has 0 aliphatic heterocycles. The molecule has 0 spiro atoms. The predicted octanol–water partition coefficient (Wildman–Crippen LogP) is 3.97. The fourth-order valence-electron chi connectivity index (χ4n) is 3.54. The second kappa shape index (κ2) is 9.51. The Morgan fingerprint density at radius 1 is 1.03 bits per heavy atom. The fourth-order valence-corrected chi connectivity index (χ4v) is 3.54. The summed E-state index contributed by atoms with van der Waals surface area (Å²) in [6, 6.07) is 3.93. The minimum absolute atomic E-state index is 0.0561. The number of aryl methyl sites for hydroxylation is 2. The van der Waals surface area contributed by atoms with Crippen molar-refractivity contribution in [2.45, 2.75) is 44.9 Å². The lowest BCUT2D eigenvalue weighted by Crippen LogP contribution is -2.48. The summed E-state index contributed by atoms with van der Waals surface area (Å²) in [6.45, 7) is 3.44. The summed E-state index contributed by atoms with van der Waals surface area (Å²) in [7, 11) is 0. The Morgan fingerprint density at radius 3 is 2.33 bits per heavy atom. The maximum Gasteiger partial charge on any atom is 0.418 e. The van der Waals surface area contributed by atoms with Gasteiger partial charge in [-0.2, -0.15) is 13.2 Å². The smallest absolute Gasteiger partial charge is 0.354 e. The summed E-state index contributed by atoms with van der Waals surface area (Å²) < 4.78 is 53.1. The third kappa shape index (κ3) is 5.58. The number of pyridine rings is 1. The van der Waals surface area contributed by atoms with Crippen molar-refractivity contribution in [2.75, 3.05) is 5.32 Å². The highest BCUT2D eigenvalue weighted by atomic mass is 19.4. The highest BCUT2D eigenvalue weighted by Gasteiger charge is 2.51. The first-order valence-corrected chi connectivity index (χ1v) is 11.0. The molecule has 0 saturated heterocycles. The number of halogens is 4. The van der Waals surface area contributed by atoms with E-state index in [9.17, 15) is 27.2 Å². The lowest BCUT2D eigenvalue weighted by atomic mass is 10.1. The van der Waals surface area contributed by atoms with Crippen molar-refractivity contribution >= 4 is 23.2 Å². The maximum atomic E-state index is 13.3. The Bertz CT molecular complexity index is 1310. The van der Waals surface area contributed by atoms with Crippen LogP contribution >= 0.6 is 0 Å². The molecule has 1 fully saturated rings. The summed E-state index contributed by atoms with van der Waals surface area (Å²) in [4.78, 5) is 37.4. The SMILES string of the molecule is Cc1ncc(C(=O)NC2(C(=O)NCc3ncc(Nc4ccc(F)cc4C(F)(F)F)cc3C)CC2)cn1. The number of nitrogens with one attached hydrogen (secondary N) is 3. The number of carbonyl (C=O) groups is 2. The zero-order chi connectivity index (χ0) is 26.1. The van der Waals surface area contributed by atoms with Crippen LogP contribution < -0.4 is 16.0 Å². The van der Waals surface area contributed by atoms with Gasteiger partial charge in [0, 0.05) is 12.4 Å². The molecule has 0 bridgehead atoms. The number of aromatic nitrogens is 3. The zero-order valence-corrected chi connectivity index (χ0v) is 19.3. The molecular formula is C24H22F4N6O2. The molecule has 2 amide bonds. The quantitative estimate of drug-likeness (QED) is 0.422. The molecule has 1 saturated carbocycles. The molecule has 0 radical (unpaired) electrons. The van der Waals surface area contributed by atoms with E-state index in [0.29, 0.717) is 36.0 Å². The van der Waals surface area contributed by atoms with Crippen molar-refractivity contribution in [3.8, 4) is 0 Å². The van der Waals surface area contributed by atoms with Crippen LogP contribution in [-0.4, -0.2) is 32.3 Å². The van der Waals surface area contributed by atoms with E-state index in [1.54, 1.807) is 19.9 Å². The van der Waals surface area contributed by atoms with Crippen molar-refractivity contribution in [1.82, 2.24) is 25.6 Å². The van der Waals surface area contributed by atoms with E-state index in [0.717, 1.165) is 12.1 Å². The van der Waals surface area contributed by atoms with Crippen LogP contribution in [0.3, 0.4) is 0 Å². The molecule has 2 aromatic heterocycles. The lowest BCUT2D eigenvalue weighted by Gasteiger charge is -2.18. The molecule has 188 valence electrons. The second-order valence-electron chi connectivity index (χ2n) is 8.54. The molecule has 1 aromatic carbocycles. The first-order valence-electron chi connectivity index (χ1n) is 11.0. The van der Waals surface area contributed by atoms with Crippen LogP contribution in [0.5, 0.6) is 0 Å². The van der Waals surface area contributed by atoms with Gasteiger partial charge in [-0.15, -0.1) is 0 Å². The standard InChI is InChI=1S/C24H22F4N6O2/c1-13-7-17(33-19-4-3-16(25)8-18(19)24(26,27)28)11-31-20(13)12-32-22(36)23(5-6-23)34-21(35)15-9-29-14(2)30-10-15/h3-4,7-11,33H,5-6,12H2,1-2H3,(H,32,36)(H,34,35). The molecule has 3 N–H and O–H groups in total. The Kier molecular flexibility index (Phi) is 6.61. The van der Waals surface area contributed by atoms with E-state index in [1.807, 2.05) is 0 Å². The number of rotatable bonds is 7. The third-order valence-electron chi connectivity index (χ3n) is 5.75. The molecule has 1 aliphatic rings. The number of benzene rings is 1. The summed E-state index contributed by atoms with van der Waals surface area (Å²) in [5, 5.41) is 8.11. The van der Waals surface area contributed by atoms with Gasteiger partial charge in [0.05, 0.1) is 40.9 Å². The summed E-state index contributed by atoms with van der Waals surface area (Å²) in [5.74, 6) is -1.29. The van der Waals surface area contributed by atoms with Crippen molar-refractivity contribution < 1.29 is 27.2 Å². The largest absolute Gasteiger partial charge is 0.418 e. The Morgan fingerprint density at radius 2 is 1.72 bits per heavy atom. The molecule has 2 heterocycles. The van der Waals surface area contributed by atoms with Crippen LogP contribution in [0.15, 0.2) is 42.9 Å². The predicted molar refractivity (Wildman–Crippen MR) is 122 cm³/mol. The molecule has 3 aromatic rings. The average Bonchev–Trinajstić information content (AvgIpc) is 3.60. The number of amides is 2. The van der Waals surface area contributed by atoms with Crippen LogP contribution in [0.25, 0.3) is 0 Å². The van der Waals surface area contributed by atoms with Gasteiger partial charge in [0.25, 0.3) is 5.91 Å². The number of carbonyl (C=O) groups excluding carboxylic acids is 2. The summed E-state index contributed by atoms with van der Waals surface area (Å²) in [5.41, 5.74) is -0.837. The van der Waals surface area contributed by atoms with Gasteiger partial charge in [-0.05, 0) is 56.5 Å². The monoisotopic (exact) mass is 502 g/mol. The number of nitrogens with zero attached hydrogens (tertiary/aromatic N) is 3. The van der Waals surface area contributed by atoms with Crippen molar-refractivity contribution in [3.05, 3.63) is 76.9 Å². The van der Waals surface area contributed by atoms with E-state index in [-0.39, 0.29) is 29.4 Å². The summed E-state index contributed by atoms with van der Waals surface area (Å²) in [6.07, 6.45) is 0.315. The van der Waals surface area contributed by atoms with Crippen molar-refractivity contribution in [2.24, 2.45) is 0 Å². The van der Waals surface area contributed by atoms with E-state index >= 15 is 0 Å². The van der Waals surface area contributed by atoms with Crippen molar-refractivity contribution in [3.63, 3.8) is 0 Å². The minimum atomic E-state index is -4.74. The number of hydrogen-bond donors (Lipinski definition) is 3. The van der Waals surface area contributed by atoms with Gasteiger partial charge >= 0.3 is 6.18 Å². The van der Waals surface area contributed by atoms with Gasteiger partial charge in [0.2, 0.25) is 5.91 Å². The van der Waals surface area contributed by atoms with E-state index in [4.69, 9.17) is 0 Å². The second-order valence-corrected chi connectivity index (χ2v) is 8.54. The molecular weight excluding hydrogens is 480 g/mol. The highest BCUT2D eigenvalue weighted by molar-refractivity contribution is 6.00. The zero-order valence-electron chi connectivity index (χ0n) is 19.3. The molecule has 8 nitrogen and oxygen atoms in total. The topological polar surface area (TPSA) is 109 Å². The van der Waals surface area contributed by atoms with Gasteiger partial charge in [0.1, 0.15) is 17.2 Å². The van der Waals surface area contributed by atoms with Gasteiger partial charge < -0.3 is 16.0 Å². The Hall–Kier alpha value is -4.09. The Balaban J connectivity index is 1.39. The molecule has 36 heavy (non-hydrogen) atoms. The fraction of sp³-hybridized carbons (Fsp3) is 0.292. The molecule has 0 atom stereocenters. The first-order chi connectivity index (χ1) is 17.0. The number of alkyl halides is 3. The molecule has 1 aliphatic carbocycles. The molecule has 0 unspecified atom stereocenters. The van der Waals surface area contributed by atoms with Crippen LogP contribution in [0.4, 0.5) is 28.9 Å². The Labute approximate surface area is 203 Å². The van der Waals surface area contributed by atoms with E-state index in [2.05, 4.69) is 30.9 Å². The van der Waals surface area contributed by atoms with Gasteiger partial charge in [-0.3, -0.25) is 14.6 Å². The number of anilines is 2. The first kappa shape index (κ1) is 25.0. The lowest BCUT2D eigenvalue weighted by molar-refractivity contribution is -0.137. The molecule has 4 rings (SSSR count). The van der Waals surface area contributed by atoms with Gasteiger partial charge in [-0.25, -0.2) is 14.4 Å². The van der Waals surface area contributed by atoms with E-state index in [1.165, 1.54) is 18.6 Å². The van der Waals surface area contributed by atoms with Crippen LogP contribution in [0, 0.1) is 19.7 Å². The number of hydrogen-bond acceptors (Lipinski definition) is 6. The van der Waals surface area contributed by atoms with Crippen molar-refractivity contribution in [1.29, 1.82) is 0 Å². The normalized spacial score (nSPS) is 14.2. The van der Waals surface area contributed by atoms with E-state index < -0.39 is 29.0 Å². The highest BCUT2D eigenvalue weighted by Crippen LogP contribution is 2.37. The maximum absolute atomic E-state index is 13.3. The van der Waals surface area contributed by atoms with Crippen LogP contribution in [0.2, 0.25) is 0 Å². The van der Waals surface area contributed by atoms with Crippen LogP contribution in [-0.2, 0) is 17.5 Å². The van der Waals surface area contributed by atoms with Gasteiger partial charge in [0.15, 0.2) is 0 Å². The third-order valence-corrected chi connectivity index (χ3v) is 5.75. The summed E-state index contributed by atoms with van der Waals surface area (Å²) >= 11 is 0.